The van der Waals surface area contributed by atoms with E-state index in [1.807, 2.05) is 0 Å². The number of carboxylic acids is 1. The highest BCUT2D eigenvalue weighted by atomic mass is 35.5. The molecule has 2 rings (SSSR count). The van der Waals surface area contributed by atoms with Crippen molar-refractivity contribution in [2.75, 3.05) is 0 Å². The number of hydrogen-bond donors (Lipinski definition) is 1. The zero-order chi connectivity index (χ0) is 18.8. The second kappa shape index (κ2) is 7.50. The fourth-order valence-electron chi connectivity index (χ4n) is 2.35. The number of allylic oxidation sites excluding steroid dienone is 1. The van der Waals surface area contributed by atoms with Crippen LogP contribution < -0.4 is 0 Å². The average Bonchev–Trinajstić information content (AvgIpc) is 2.49. The van der Waals surface area contributed by atoms with Crippen LogP contribution in [0.2, 0.25) is 10.0 Å². The first-order valence-corrected chi connectivity index (χ1v) is 7.89. The molecule has 0 saturated carbocycles. The van der Waals surface area contributed by atoms with Gasteiger partial charge in [0.25, 0.3) is 0 Å². The number of hydrogen-bond acceptors (Lipinski definition) is 1. The maximum atomic E-state index is 13.4. The number of benzene rings is 2. The van der Waals surface area contributed by atoms with Crippen molar-refractivity contribution in [3.05, 3.63) is 74.8 Å². The van der Waals surface area contributed by atoms with Crippen LogP contribution in [0, 0.1) is 6.92 Å². The van der Waals surface area contributed by atoms with Crippen molar-refractivity contribution in [1.82, 2.24) is 0 Å². The lowest BCUT2D eigenvalue weighted by atomic mass is 9.96. The Balaban J connectivity index is 2.37. The maximum absolute atomic E-state index is 13.4. The van der Waals surface area contributed by atoms with Crippen LogP contribution in [0.3, 0.4) is 0 Å². The number of aromatic carboxylic acids is 1. The average molecular weight is 389 g/mol. The molecule has 0 fully saturated rings. The molecule has 1 unspecified atom stereocenters. The minimum Gasteiger partial charge on any atom is -0.478 e. The Labute approximate surface area is 152 Å². The highest BCUT2D eigenvalue weighted by Gasteiger charge is 2.39. The monoisotopic (exact) mass is 388 g/mol. The van der Waals surface area contributed by atoms with Crippen molar-refractivity contribution < 1.29 is 23.1 Å². The van der Waals surface area contributed by atoms with Crippen LogP contribution in [0.15, 0.2) is 42.5 Å². The molecule has 2 aromatic rings. The molecule has 0 heterocycles. The predicted octanol–water partition coefficient (Wildman–Crippen LogP) is 6.36. The van der Waals surface area contributed by atoms with E-state index in [1.165, 1.54) is 42.5 Å². The van der Waals surface area contributed by atoms with E-state index in [4.69, 9.17) is 28.3 Å². The van der Waals surface area contributed by atoms with Crippen LogP contribution in [-0.2, 0) is 0 Å². The van der Waals surface area contributed by atoms with Crippen molar-refractivity contribution in [3.63, 3.8) is 0 Å². The molecule has 25 heavy (non-hydrogen) atoms. The van der Waals surface area contributed by atoms with Crippen molar-refractivity contribution in [3.8, 4) is 0 Å². The standard InChI is InChI=1S/C18H13Cl2F3O2/c1-10-8-11(2-5-13(10)17(24)25)3-6-14(18(21,22)23)12-4-7-15(19)16(20)9-12/h2-9,14H,1H3,(H,24,25). The molecule has 0 bridgehead atoms. The van der Waals surface area contributed by atoms with Gasteiger partial charge in [0.05, 0.1) is 21.5 Å². The first-order chi connectivity index (χ1) is 11.6. The Kier molecular flexibility index (Phi) is 5.80. The summed E-state index contributed by atoms with van der Waals surface area (Å²) in [5.41, 5.74) is 1.01. The van der Waals surface area contributed by atoms with Crippen molar-refractivity contribution in [1.29, 1.82) is 0 Å². The fourth-order valence-corrected chi connectivity index (χ4v) is 2.66. The molecule has 0 aliphatic rings. The molecule has 0 aliphatic carbocycles. The quantitative estimate of drug-likeness (QED) is 0.661. The minimum absolute atomic E-state index is 0.0305. The summed E-state index contributed by atoms with van der Waals surface area (Å²) < 4.78 is 40.2. The normalized spacial score (nSPS) is 13.2. The third-order valence-electron chi connectivity index (χ3n) is 3.62. The largest absolute Gasteiger partial charge is 0.478 e. The second-order valence-electron chi connectivity index (χ2n) is 5.43. The summed E-state index contributed by atoms with van der Waals surface area (Å²) in [7, 11) is 0. The third kappa shape index (κ3) is 4.77. The van der Waals surface area contributed by atoms with Gasteiger partial charge in [0, 0.05) is 0 Å². The number of rotatable bonds is 4. The number of alkyl halides is 3. The van der Waals surface area contributed by atoms with Crippen LogP contribution in [-0.4, -0.2) is 17.3 Å². The zero-order valence-electron chi connectivity index (χ0n) is 12.9. The van der Waals surface area contributed by atoms with Gasteiger partial charge < -0.3 is 5.11 Å². The molecule has 2 aromatic carbocycles. The molecule has 0 spiro atoms. The molecule has 7 heteroatoms. The van der Waals surface area contributed by atoms with Gasteiger partial charge in [-0.1, -0.05) is 53.6 Å². The Morgan fingerprint density at radius 2 is 1.80 bits per heavy atom. The molecule has 132 valence electrons. The number of carboxylic acid groups (broad SMARTS) is 1. The van der Waals surface area contributed by atoms with Gasteiger partial charge in [-0.3, -0.25) is 0 Å². The Hall–Kier alpha value is -1.98. The molecule has 0 radical (unpaired) electrons. The molecule has 1 N–H and O–H groups in total. The number of carbonyl (C=O) groups is 1. The van der Waals surface area contributed by atoms with E-state index in [-0.39, 0.29) is 21.2 Å². The molecule has 0 saturated heterocycles. The first-order valence-electron chi connectivity index (χ1n) is 7.13. The smallest absolute Gasteiger partial charge is 0.399 e. The number of halogens is 5. The van der Waals surface area contributed by atoms with Gasteiger partial charge in [-0.15, -0.1) is 0 Å². The van der Waals surface area contributed by atoms with Crippen LogP contribution >= 0.6 is 23.2 Å². The Morgan fingerprint density at radius 1 is 1.12 bits per heavy atom. The minimum atomic E-state index is -4.51. The van der Waals surface area contributed by atoms with E-state index >= 15 is 0 Å². The topological polar surface area (TPSA) is 37.3 Å². The maximum Gasteiger partial charge on any atom is 0.399 e. The lowest BCUT2D eigenvalue weighted by Gasteiger charge is -2.18. The first kappa shape index (κ1) is 19.3. The van der Waals surface area contributed by atoms with Gasteiger partial charge >= 0.3 is 12.1 Å². The van der Waals surface area contributed by atoms with E-state index in [9.17, 15) is 18.0 Å². The van der Waals surface area contributed by atoms with E-state index in [2.05, 4.69) is 0 Å². The van der Waals surface area contributed by atoms with Crippen LogP contribution in [0.25, 0.3) is 6.08 Å². The molecule has 0 aliphatic heterocycles. The molecule has 0 aromatic heterocycles. The summed E-state index contributed by atoms with van der Waals surface area (Å²) in [4.78, 5) is 11.0. The summed E-state index contributed by atoms with van der Waals surface area (Å²) in [5.74, 6) is -2.95. The van der Waals surface area contributed by atoms with Gasteiger partial charge in [-0.25, -0.2) is 4.79 Å². The van der Waals surface area contributed by atoms with Crippen LogP contribution in [0.1, 0.15) is 33.0 Å². The molecular formula is C18H13Cl2F3O2. The lowest BCUT2D eigenvalue weighted by Crippen LogP contribution is -2.18. The summed E-state index contributed by atoms with van der Waals surface area (Å²) >= 11 is 11.6. The lowest BCUT2D eigenvalue weighted by molar-refractivity contribution is -0.139. The molecule has 1 atom stereocenters. The van der Waals surface area contributed by atoms with Gasteiger partial charge in [0.15, 0.2) is 0 Å². The molecule has 0 amide bonds. The summed E-state index contributed by atoms with van der Waals surface area (Å²) in [6.45, 7) is 1.58. The van der Waals surface area contributed by atoms with Gasteiger partial charge in [-0.2, -0.15) is 13.2 Å². The molecular weight excluding hydrogens is 376 g/mol. The second-order valence-corrected chi connectivity index (χ2v) is 6.25. The van der Waals surface area contributed by atoms with E-state index in [1.54, 1.807) is 6.92 Å². The van der Waals surface area contributed by atoms with Crippen molar-refractivity contribution in [2.24, 2.45) is 0 Å². The Bertz CT molecular complexity index is 830. The van der Waals surface area contributed by atoms with Crippen molar-refractivity contribution in [2.45, 2.75) is 19.0 Å². The van der Waals surface area contributed by atoms with Crippen LogP contribution in [0.5, 0.6) is 0 Å². The summed E-state index contributed by atoms with van der Waals surface area (Å²) in [6, 6.07) is 8.11. The van der Waals surface area contributed by atoms with Crippen LogP contribution in [0.4, 0.5) is 13.2 Å². The van der Waals surface area contributed by atoms with Gasteiger partial charge in [-0.05, 0) is 41.8 Å². The number of aryl methyl sites for hydroxylation is 1. The highest BCUT2D eigenvalue weighted by molar-refractivity contribution is 6.42. The van der Waals surface area contributed by atoms with Gasteiger partial charge in [0.1, 0.15) is 0 Å². The Morgan fingerprint density at radius 3 is 2.32 bits per heavy atom. The SMILES string of the molecule is Cc1cc(C=CC(c2ccc(Cl)c(Cl)c2)C(F)(F)F)ccc1C(=O)O. The summed E-state index contributed by atoms with van der Waals surface area (Å²) in [6.07, 6.45) is -2.20. The van der Waals surface area contributed by atoms with Gasteiger partial charge in [0.2, 0.25) is 0 Å². The predicted molar refractivity (Wildman–Crippen MR) is 92.4 cm³/mol. The van der Waals surface area contributed by atoms with Crippen molar-refractivity contribution >= 4 is 35.2 Å². The zero-order valence-corrected chi connectivity index (χ0v) is 14.5. The van der Waals surface area contributed by atoms with E-state index in [0.29, 0.717) is 11.1 Å². The third-order valence-corrected chi connectivity index (χ3v) is 4.36. The van der Waals surface area contributed by atoms with E-state index < -0.39 is 18.1 Å². The van der Waals surface area contributed by atoms with E-state index in [0.717, 1.165) is 6.08 Å². The molecule has 2 nitrogen and oxygen atoms in total. The fraction of sp³-hybridized carbons (Fsp3) is 0.167. The summed E-state index contributed by atoms with van der Waals surface area (Å²) in [5, 5.41) is 9.21. The highest BCUT2D eigenvalue weighted by Crippen LogP contribution is 2.38.